The Hall–Kier alpha value is -2.96. The van der Waals surface area contributed by atoms with Gasteiger partial charge in [-0.15, -0.1) is 0 Å². The number of anilines is 1. The van der Waals surface area contributed by atoms with Gasteiger partial charge in [0.15, 0.2) is 5.76 Å². The van der Waals surface area contributed by atoms with Gasteiger partial charge in [-0.05, 0) is 42.5 Å². The van der Waals surface area contributed by atoms with Gasteiger partial charge >= 0.3 is 0 Å². The van der Waals surface area contributed by atoms with Crippen molar-refractivity contribution in [2.75, 3.05) is 31.2 Å². The van der Waals surface area contributed by atoms with Crippen LogP contribution in [-0.2, 0) is 4.74 Å². The summed E-state index contributed by atoms with van der Waals surface area (Å²) in [5.41, 5.74) is 3.58. The Morgan fingerprint density at radius 1 is 0.929 bits per heavy atom. The molecule has 6 nitrogen and oxygen atoms in total. The van der Waals surface area contributed by atoms with Gasteiger partial charge in [0.05, 0.1) is 24.3 Å². The van der Waals surface area contributed by atoms with Gasteiger partial charge in [0, 0.05) is 35.4 Å². The minimum absolute atomic E-state index is 0.685. The summed E-state index contributed by atoms with van der Waals surface area (Å²) in [5.74, 6) is 1.44. The summed E-state index contributed by atoms with van der Waals surface area (Å²) < 4.78 is 11.0. The predicted molar refractivity (Wildman–Crippen MR) is 109 cm³/mol. The van der Waals surface area contributed by atoms with Crippen LogP contribution in [0, 0.1) is 0 Å². The monoisotopic (exact) mass is 392 g/mol. The first-order valence-corrected chi connectivity index (χ1v) is 9.47. The maximum Gasteiger partial charge on any atom is 0.226 e. The van der Waals surface area contributed by atoms with E-state index in [0.29, 0.717) is 18.2 Å². The van der Waals surface area contributed by atoms with Crippen LogP contribution in [0.5, 0.6) is 0 Å². The molecule has 28 heavy (non-hydrogen) atoms. The quantitative estimate of drug-likeness (QED) is 0.513. The smallest absolute Gasteiger partial charge is 0.226 e. The second-order valence-electron chi connectivity index (χ2n) is 6.59. The lowest BCUT2D eigenvalue weighted by Crippen LogP contribution is -2.37. The van der Waals surface area contributed by atoms with E-state index in [2.05, 4.69) is 21.1 Å². The molecular weight excluding hydrogens is 376 g/mol. The van der Waals surface area contributed by atoms with Crippen LogP contribution in [0.25, 0.3) is 33.5 Å². The third kappa shape index (κ3) is 3.21. The van der Waals surface area contributed by atoms with Crippen LogP contribution in [0.15, 0.2) is 59.3 Å². The maximum atomic E-state index is 6.00. The maximum absolute atomic E-state index is 6.00. The molecule has 0 bridgehead atoms. The lowest BCUT2D eigenvalue weighted by atomic mass is 10.0. The molecule has 0 amide bonds. The molecule has 0 radical (unpaired) electrons. The van der Waals surface area contributed by atoms with Crippen molar-refractivity contribution in [1.82, 2.24) is 15.1 Å². The summed E-state index contributed by atoms with van der Waals surface area (Å²) in [6.45, 7) is 3.00. The van der Waals surface area contributed by atoms with Crippen molar-refractivity contribution in [2.45, 2.75) is 0 Å². The molecule has 0 N–H and O–H groups in total. The summed E-state index contributed by atoms with van der Waals surface area (Å²) in [6, 6.07) is 15.5. The van der Waals surface area contributed by atoms with Gasteiger partial charge in [-0.3, -0.25) is 0 Å². The third-order valence-corrected chi connectivity index (χ3v) is 5.07. The van der Waals surface area contributed by atoms with Crippen molar-refractivity contribution in [3.8, 4) is 22.6 Å². The summed E-state index contributed by atoms with van der Waals surface area (Å²) in [4.78, 5) is 11.3. The number of benzene rings is 2. The van der Waals surface area contributed by atoms with Crippen molar-refractivity contribution in [3.05, 3.63) is 59.8 Å². The van der Waals surface area contributed by atoms with Gasteiger partial charge in [-0.2, -0.15) is 0 Å². The SMILES string of the molecule is Clc1ccc(-c2onc3ccc(-c4ccnc(N5CCOCC5)n4)cc23)cc1. The van der Waals surface area contributed by atoms with E-state index in [1.54, 1.807) is 6.20 Å². The first-order valence-electron chi connectivity index (χ1n) is 9.09. The average Bonchev–Trinajstić information content (AvgIpc) is 3.18. The van der Waals surface area contributed by atoms with E-state index in [9.17, 15) is 0 Å². The fourth-order valence-electron chi connectivity index (χ4n) is 3.34. The molecule has 1 saturated heterocycles. The molecule has 0 saturated carbocycles. The van der Waals surface area contributed by atoms with Crippen LogP contribution in [0.3, 0.4) is 0 Å². The molecule has 7 heteroatoms. The standard InChI is InChI=1S/C21H17ClN4O2/c22-16-4-1-14(2-5-16)20-17-13-15(3-6-19(17)25-28-20)18-7-8-23-21(24-18)26-9-11-27-12-10-26/h1-8,13H,9-12H2. The fourth-order valence-corrected chi connectivity index (χ4v) is 3.46. The molecule has 1 aliphatic heterocycles. The van der Waals surface area contributed by atoms with Crippen LogP contribution in [0.1, 0.15) is 0 Å². The van der Waals surface area contributed by atoms with Gasteiger partial charge in [0.1, 0.15) is 5.52 Å². The summed E-state index contributed by atoms with van der Waals surface area (Å²) >= 11 is 6.00. The number of nitrogens with zero attached hydrogens (tertiary/aromatic N) is 4. The minimum atomic E-state index is 0.685. The van der Waals surface area contributed by atoms with Crippen LogP contribution in [-0.4, -0.2) is 41.4 Å². The Labute approximate surface area is 166 Å². The molecule has 3 heterocycles. The highest BCUT2D eigenvalue weighted by Crippen LogP contribution is 2.32. The first-order chi connectivity index (χ1) is 13.8. The average molecular weight is 393 g/mol. The van der Waals surface area contributed by atoms with Crippen LogP contribution >= 0.6 is 11.6 Å². The topological polar surface area (TPSA) is 64.3 Å². The zero-order valence-corrected chi connectivity index (χ0v) is 15.8. The Kier molecular flexibility index (Phi) is 4.43. The molecule has 140 valence electrons. The minimum Gasteiger partial charge on any atom is -0.378 e. The lowest BCUT2D eigenvalue weighted by Gasteiger charge is -2.26. The number of morpholine rings is 1. The molecule has 4 aromatic rings. The molecule has 2 aromatic heterocycles. The normalized spacial score (nSPS) is 14.5. The van der Waals surface area contributed by atoms with E-state index >= 15 is 0 Å². The Morgan fingerprint density at radius 2 is 1.71 bits per heavy atom. The number of hydrogen-bond acceptors (Lipinski definition) is 6. The summed E-state index contributed by atoms with van der Waals surface area (Å²) in [5, 5.41) is 5.80. The van der Waals surface area contributed by atoms with Crippen molar-refractivity contribution in [1.29, 1.82) is 0 Å². The molecule has 2 aromatic carbocycles. The predicted octanol–water partition coefficient (Wildman–Crippen LogP) is 4.44. The van der Waals surface area contributed by atoms with E-state index < -0.39 is 0 Å². The zero-order valence-electron chi connectivity index (χ0n) is 15.0. The number of aromatic nitrogens is 3. The number of hydrogen-bond donors (Lipinski definition) is 0. The van der Waals surface area contributed by atoms with E-state index in [1.807, 2.05) is 42.5 Å². The van der Waals surface area contributed by atoms with E-state index in [1.165, 1.54) is 0 Å². The molecule has 0 unspecified atom stereocenters. The molecule has 1 aliphatic rings. The van der Waals surface area contributed by atoms with E-state index in [0.717, 1.165) is 52.5 Å². The highest BCUT2D eigenvalue weighted by Gasteiger charge is 2.16. The molecule has 0 aliphatic carbocycles. The molecule has 0 atom stereocenters. The van der Waals surface area contributed by atoms with Crippen molar-refractivity contribution < 1.29 is 9.26 Å². The Balaban J connectivity index is 1.54. The van der Waals surface area contributed by atoms with Crippen LogP contribution < -0.4 is 4.90 Å². The highest BCUT2D eigenvalue weighted by atomic mass is 35.5. The zero-order chi connectivity index (χ0) is 18.9. The number of ether oxygens (including phenoxy) is 1. The molecule has 1 fully saturated rings. The van der Waals surface area contributed by atoms with E-state index in [4.69, 9.17) is 25.8 Å². The largest absolute Gasteiger partial charge is 0.378 e. The van der Waals surface area contributed by atoms with Crippen LogP contribution in [0.4, 0.5) is 5.95 Å². The lowest BCUT2D eigenvalue weighted by molar-refractivity contribution is 0.122. The number of rotatable bonds is 3. The van der Waals surface area contributed by atoms with Gasteiger partial charge in [-0.1, -0.05) is 22.8 Å². The molecular formula is C21H17ClN4O2. The van der Waals surface area contributed by atoms with Crippen LogP contribution in [0.2, 0.25) is 5.02 Å². The third-order valence-electron chi connectivity index (χ3n) is 4.82. The molecule has 0 spiro atoms. The summed E-state index contributed by atoms with van der Waals surface area (Å²) in [6.07, 6.45) is 1.80. The van der Waals surface area contributed by atoms with Gasteiger partial charge < -0.3 is 14.2 Å². The Bertz CT molecular complexity index is 1120. The highest BCUT2D eigenvalue weighted by molar-refractivity contribution is 6.30. The second-order valence-corrected chi connectivity index (χ2v) is 7.03. The van der Waals surface area contributed by atoms with Gasteiger partial charge in [0.2, 0.25) is 5.95 Å². The number of fused-ring (bicyclic) bond motifs is 1. The van der Waals surface area contributed by atoms with Crippen molar-refractivity contribution in [3.63, 3.8) is 0 Å². The number of halogens is 1. The summed E-state index contributed by atoms with van der Waals surface area (Å²) in [7, 11) is 0. The Morgan fingerprint density at radius 3 is 2.54 bits per heavy atom. The van der Waals surface area contributed by atoms with E-state index in [-0.39, 0.29) is 0 Å². The fraction of sp³-hybridized carbons (Fsp3) is 0.190. The first kappa shape index (κ1) is 17.2. The van der Waals surface area contributed by atoms with Gasteiger partial charge in [-0.25, -0.2) is 9.97 Å². The van der Waals surface area contributed by atoms with Crippen molar-refractivity contribution >= 4 is 28.5 Å². The molecule has 5 rings (SSSR count). The van der Waals surface area contributed by atoms with Crippen molar-refractivity contribution in [2.24, 2.45) is 0 Å². The van der Waals surface area contributed by atoms with Gasteiger partial charge in [0.25, 0.3) is 0 Å². The second kappa shape index (κ2) is 7.22.